The number of rotatable bonds is 5. The van der Waals surface area contributed by atoms with Crippen molar-refractivity contribution in [3.63, 3.8) is 0 Å². The lowest BCUT2D eigenvalue weighted by molar-refractivity contribution is -0.361. The van der Waals surface area contributed by atoms with E-state index in [1.54, 1.807) is 11.5 Å². The molecule has 0 spiro atoms. The Morgan fingerprint density at radius 2 is 1.38 bits per heavy atom. The Hall–Kier alpha value is -4.21. The maximum absolute atomic E-state index is 13.5. The van der Waals surface area contributed by atoms with Gasteiger partial charge in [-0.2, -0.15) is 28.7 Å². The van der Waals surface area contributed by atoms with Gasteiger partial charge >= 0.3 is 18.1 Å². The minimum absolute atomic E-state index is 0. The fraction of sp³-hybridized carbons (Fsp3) is 0.607. The number of halogens is 2. The van der Waals surface area contributed by atoms with Gasteiger partial charge in [-0.05, 0) is 6.42 Å². The lowest BCUT2D eigenvalue weighted by Crippen LogP contribution is -2.33. The Kier molecular flexibility index (Phi) is 13.9. The molecule has 8 atom stereocenters. The predicted molar refractivity (Wildman–Crippen MR) is 165 cm³/mol. The molecule has 4 aromatic heterocycles. The molecule has 0 aromatic carbocycles. The zero-order valence-electron chi connectivity index (χ0n) is 25.3. The summed E-state index contributed by atoms with van der Waals surface area (Å²) in [5, 5.41) is 37.6. The Labute approximate surface area is 274 Å². The average molecular weight is 686 g/mol. The number of fused-ring (bicyclic) bond motifs is 2. The highest BCUT2D eigenvalue weighted by Crippen LogP contribution is 2.39. The van der Waals surface area contributed by atoms with E-state index < -0.39 is 49.5 Å². The molecule has 0 amide bonds. The molecule has 4 unspecified atom stereocenters. The molecule has 6 rings (SSSR count). The van der Waals surface area contributed by atoms with Crippen molar-refractivity contribution in [2.24, 2.45) is 5.92 Å². The van der Waals surface area contributed by atoms with E-state index in [4.69, 9.17) is 35.9 Å². The molecule has 2 saturated heterocycles. The number of aromatic nitrogens is 8. The van der Waals surface area contributed by atoms with Gasteiger partial charge in [0.15, 0.2) is 40.2 Å². The van der Waals surface area contributed by atoms with Gasteiger partial charge in [-0.15, -0.1) is 6.61 Å². The van der Waals surface area contributed by atoms with Crippen molar-refractivity contribution in [2.45, 2.75) is 91.9 Å². The number of anilines is 2. The van der Waals surface area contributed by atoms with Crippen LogP contribution in [0, 0.1) is 18.1 Å². The van der Waals surface area contributed by atoms with Gasteiger partial charge in [0.05, 0.1) is 25.4 Å². The SMILES string of the molecule is C.C.CCC1OC(n2cnc3c(N)nc(F)nc32)[C@H](C)[C@H]1OC(C)=O.CC[O-].Nc1nc(F)nc2c1ncn2C1OC(CO)[C@H](O)[C@H]1O. The highest BCUT2D eigenvalue weighted by molar-refractivity contribution is 5.82. The number of aliphatic hydroxyl groups excluding tert-OH is 3. The number of hydrogen-bond donors (Lipinski definition) is 5. The second-order valence-electron chi connectivity index (χ2n) is 10.3. The van der Waals surface area contributed by atoms with E-state index in [1.807, 2.05) is 13.8 Å². The van der Waals surface area contributed by atoms with E-state index in [0.29, 0.717) is 11.9 Å². The molecule has 48 heavy (non-hydrogen) atoms. The summed E-state index contributed by atoms with van der Waals surface area (Å²) in [6.45, 7) is 6.32. The molecule has 2 aliphatic rings. The Morgan fingerprint density at radius 1 is 0.917 bits per heavy atom. The van der Waals surface area contributed by atoms with Gasteiger partial charge in [0.1, 0.15) is 30.6 Å². The van der Waals surface area contributed by atoms with Gasteiger partial charge in [0.25, 0.3) is 0 Å². The van der Waals surface area contributed by atoms with Gasteiger partial charge < -0.3 is 46.1 Å². The van der Waals surface area contributed by atoms with Crippen molar-refractivity contribution < 1.29 is 48.2 Å². The summed E-state index contributed by atoms with van der Waals surface area (Å²) in [7, 11) is 0. The van der Waals surface area contributed by atoms with Crippen LogP contribution in [0.1, 0.15) is 61.4 Å². The number of hydrogen-bond acceptors (Lipinski definition) is 16. The predicted octanol–water partition coefficient (Wildman–Crippen LogP) is 0.221. The number of nitrogens with zero attached hydrogens (tertiary/aromatic N) is 8. The first kappa shape index (κ1) is 40.0. The number of carbonyl (C=O) groups is 1. The highest BCUT2D eigenvalue weighted by Gasteiger charge is 2.45. The van der Waals surface area contributed by atoms with Gasteiger partial charge in [-0.25, -0.2) is 9.97 Å². The molecule has 2 fully saturated rings. The van der Waals surface area contributed by atoms with Crippen molar-refractivity contribution >= 4 is 39.9 Å². The standard InChI is InChI=1S/C14H18FN5O3.C10H12FN5O4.C2H5O.2CH4/c1-4-8-10(22-7(3)21)6(2)13(23-8)20-5-17-9-11(16)18-14(15)19-12(9)20;11-10-14-7(12)4-8(15-10)16(2-13-4)9-6(19)5(18)3(1-17)20-9;1-2-3;;/h5-6,8,10,13H,4H2,1-3H3,(H2,16,18,19);2-3,5-6,9,17-19H,1H2,(H2,12,14,15);2H2,1H3;2*1H4/q;;-1;;/t6-,8?,10-,13?;3?,5-,6+,9?;;;/m10.../s1. The summed E-state index contributed by atoms with van der Waals surface area (Å²) in [5.41, 5.74) is 12.0. The molecule has 7 N–H and O–H groups in total. The smallest absolute Gasteiger partial charge is 0.312 e. The van der Waals surface area contributed by atoms with Gasteiger partial charge in [-0.1, -0.05) is 35.6 Å². The van der Waals surface area contributed by atoms with E-state index in [-0.39, 0.29) is 74.0 Å². The number of ether oxygens (including phenoxy) is 3. The van der Waals surface area contributed by atoms with E-state index in [2.05, 4.69) is 29.9 Å². The normalized spacial score (nSPS) is 26.1. The summed E-state index contributed by atoms with van der Waals surface area (Å²) >= 11 is 0. The van der Waals surface area contributed by atoms with E-state index in [0.717, 1.165) is 0 Å². The lowest BCUT2D eigenvalue weighted by atomic mass is 10.0. The third-order valence-electron chi connectivity index (χ3n) is 7.26. The van der Waals surface area contributed by atoms with Crippen molar-refractivity contribution in [3.05, 3.63) is 24.8 Å². The molecule has 6 heterocycles. The molecule has 268 valence electrons. The molecule has 0 bridgehead atoms. The van der Waals surface area contributed by atoms with Crippen LogP contribution >= 0.6 is 0 Å². The molecule has 2 aliphatic heterocycles. The molecule has 0 radical (unpaired) electrons. The second-order valence-corrected chi connectivity index (χ2v) is 10.3. The summed E-state index contributed by atoms with van der Waals surface area (Å²) in [6, 6.07) is 0. The van der Waals surface area contributed by atoms with Gasteiger partial charge in [0, 0.05) is 12.8 Å². The molecule has 0 aliphatic carbocycles. The van der Waals surface area contributed by atoms with Gasteiger partial charge in [0.2, 0.25) is 0 Å². The van der Waals surface area contributed by atoms with Crippen LogP contribution in [0.5, 0.6) is 0 Å². The number of carbonyl (C=O) groups excluding carboxylic acids is 1. The maximum atomic E-state index is 13.5. The molecular formula is C28H43F2N10O8-. The Morgan fingerprint density at radius 3 is 1.79 bits per heavy atom. The maximum Gasteiger partial charge on any atom is 0.312 e. The number of imidazole rings is 2. The van der Waals surface area contributed by atoms with Crippen molar-refractivity contribution in [1.29, 1.82) is 0 Å². The van der Waals surface area contributed by atoms with Crippen molar-refractivity contribution in [2.75, 3.05) is 24.7 Å². The summed E-state index contributed by atoms with van der Waals surface area (Å²) < 4.78 is 46.2. The third-order valence-corrected chi connectivity index (χ3v) is 7.26. The quantitative estimate of drug-likeness (QED) is 0.139. The summed E-state index contributed by atoms with van der Waals surface area (Å²) in [4.78, 5) is 33.5. The van der Waals surface area contributed by atoms with Crippen LogP contribution in [-0.4, -0.2) is 104 Å². The fourth-order valence-electron chi connectivity index (χ4n) is 5.21. The molecule has 0 saturated carbocycles. The number of esters is 1. The number of nitrogens with two attached hydrogens (primary N) is 2. The minimum atomic E-state index is -1.32. The second kappa shape index (κ2) is 16.8. The molecule has 4 aromatic rings. The number of nitrogen functional groups attached to an aromatic ring is 2. The van der Waals surface area contributed by atoms with Crippen LogP contribution in [0.4, 0.5) is 20.4 Å². The van der Waals surface area contributed by atoms with Gasteiger partial charge in [-0.3, -0.25) is 13.9 Å². The fourth-order valence-corrected chi connectivity index (χ4v) is 5.21. The Bertz CT molecular complexity index is 1660. The summed E-state index contributed by atoms with van der Waals surface area (Å²) in [6.07, 6.45) is -4.26. The highest BCUT2D eigenvalue weighted by atomic mass is 19.1. The topological polar surface area (TPSA) is 268 Å². The molecular weight excluding hydrogens is 642 g/mol. The third kappa shape index (κ3) is 7.90. The largest absolute Gasteiger partial charge is 0.855 e. The Balaban J connectivity index is 0.000000299. The van der Waals surface area contributed by atoms with Crippen molar-refractivity contribution in [1.82, 2.24) is 39.0 Å². The first-order valence-electron chi connectivity index (χ1n) is 14.2. The molecule has 20 heteroatoms. The van der Waals surface area contributed by atoms with E-state index in [1.165, 1.54) is 24.1 Å². The minimum Gasteiger partial charge on any atom is -0.855 e. The zero-order valence-corrected chi connectivity index (χ0v) is 25.3. The van der Waals surface area contributed by atoms with Crippen LogP contribution in [-0.2, 0) is 19.0 Å². The van der Waals surface area contributed by atoms with Crippen LogP contribution in [0.25, 0.3) is 22.3 Å². The zero-order chi connectivity index (χ0) is 33.9. The van der Waals surface area contributed by atoms with E-state index >= 15 is 0 Å². The van der Waals surface area contributed by atoms with Crippen LogP contribution < -0.4 is 16.6 Å². The lowest BCUT2D eigenvalue weighted by Gasteiger charge is -2.20. The van der Waals surface area contributed by atoms with Crippen LogP contribution in [0.15, 0.2) is 12.7 Å². The molecule has 18 nitrogen and oxygen atoms in total. The first-order chi connectivity index (χ1) is 21.9. The summed E-state index contributed by atoms with van der Waals surface area (Å²) in [5.74, 6) is -0.684. The first-order valence-corrected chi connectivity index (χ1v) is 14.2. The number of aliphatic hydroxyl groups is 3. The average Bonchev–Trinajstić information content (AvgIpc) is 3.75. The van der Waals surface area contributed by atoms with Crippen LogP contribution in [0.2, 0.25) is 0 Å². The van der Waals surface area contributed by atoms with Crippen LogP contribution in [0.3, 0.4) is 0 Å². The monoisotopic (exact) mass is 685 g/mol. The van der Waals surface area contributed by atoms with Crippen molar-refractivity contribution in [3.8, 4) is 0 Å². The van der Waals surface area contributed by atoms with E-state index in [9.17, 15) is 23.8 Å².